The molecule has 64 heavy (non-hydrogen) atoms. The van der Waals surface area contributed by atoms with Gasteiger partial charge in [-0.15, -0.1) is 34.9 Å². The van der Waals surface area contributed by atoms with Gasteiger partial charge in [-0.25, -0.2) is 9.78 Å². The molecule has 0 saturated carbocycles. The van der Waals surface area contributed by atoms with Crippen LogP contribution in [-0.2, 0) is 39.0 Å². The summed E-state index contributed by atoms with van der Waals surface area (Å²) in [4.78, 5) is 55.2. The molecule has 0 spiro atoms. The van der Waals surface area contributed by atoms with E-state index in [0.717, 1.165) is 27.8 Å². The van der Waals surface area contributed by atoms with Crippen LogP contribution >= 0.6 is 34.9 Å². The number of ether oxygens (including phenoxy) is 3. The van der Waals surface area contributed by atoms with Crippen molar-refractivity contribution >= 4 is 63.5 Å². The van der Waals surface area contributed by atoms with Crippen molar-refractivity contribution in [1.82, 2.24) is 15.2 Å². The summed E-state index contributed by atoms with van der Waals surface area (Å²) < 4.78 is 17.5. The number of anilines is 1. The molecule has 2 unspecified atom stereocenters. The van der Waals surface area contributed by atoms with E-state index < -0.39 is 40.8 Å². The number of nitrogens with zero attached hydrogens (tertiary/aromatic N) is 3. The Morgan fingerprint density at radius 3 is 1.88 bits per heavy atom. The number of rotatable bonds is 15. The minimum atomic E-state index is -0.979. The monoisotopic (exact) mass is 909 g/mol. The third-order valence-electron chi connectivity index (χ3n) is 11.0. The molecule has 6 aromatic rings. The van der Waals surface area contributed by atoms with Crippen LogP contribution < -0.4 is 10.6 Å². The number of carbonyl (C=O) groups is 3. The molecule has 4 heterocycles. The highest BCUT2D eigenvalue weighted by Crippen LogP contribution is 2.46. The number of thiazole rings is 1. The van der Waals surface area contributed by atoms with Crippen LogP contribution in [0, 0.1) is 0 Å². The molecule has 15 heteroatoms. The van der Waals surface area contributed by atoms with Crippen LogP contribution in [0.5, 0.6) is 0 Å². The second-order valence-electron chi connectivity index (χ2n) is 15.0. The van der Waals surface area contributed by atoms with Crippen molar-refractivity contribution in [2.45, 2.75) is 28.3 Å². The van der Waals surface area contributed by atoms with Gasteiger partial charge in [0.05, 0.1) is 18.5 Å². The number of fused-ring (bicyclic) bond motifs is 1. The lowest BCUT2D eigenvalue weighted by molar-refractivity contribution is -0.154. The maximum atomic E-state index is 14.5. The number of carbonyl (C=O) groups excluding carboxylic acids is 3. The van der Waals surface area contributed by atoms with E-state index in [4.69, 9.17) is 24.0 Å². The molecular formula is C49H43N5O7S3. The predicted octanol–water partition coefficient (Wildman–Crippen LogP) is 7.95. The van der Waals surface area contributed by atoms with Gasteiger partial charge in [0, 0.05) is 16.0 Å². The summed E-state index contributed by atoms with van der Waals surface area (Å²) in [6.07, 6.45) is -0.738. The van der Waals surface area contributed by atoms with Crippen LogP contribution in [0.4, 0.5) is 5.13 Å². The Kier molecular flexibility index (Phi) is 13.2. The van der Waals surface area contributed by atoms with Gasteiger partial charge in [0.15, 0.2) is 16.9 Å². The number of oxime groups is 1. The van der Waals surface area contributed by atoms with Gasteiger partial charge in [-0.05, 0) is 27.8 Å². The van der Waals surface area contributed by atoms with Gasteiger partial charge in [0.2, 0.25) is 0 Å². The zero-order valence-corrected chi connectivity index (χ0v) is 37.0. The Morgan fingerprint density at radius 2 is 1.34 bits per heavy atom. The van der Waals surface area contributed by atoms with Crippen molar-refractivity contribution in [2.75, 3.05) is 38.2 Å². The number of hydrogen-bond acceptors (Lipinski definition) is 13. The number of aromatic nitrogens is 1. The molecule has 0 aliphatic carbocycles. The second kappa shape index (κ2) is 19.7. The molecule has 9 rings (SSSR count). The fourth-order valence-corrected chi connectivity index (χ4v) is 11.5. The standard InChI is InChI=1S/C49H43N5O7S3/c1-58-53-40(38-29-63-48(50-38)52-49(34-21-11-4-12-22-34,35-23-13-5-14-24-35)36-25-15-6-16-26-36)44(55)51-41-45(56)54-42(39(30-62-46(41)54)64-37-27-59-31-60-28-37)47(57)61-43(32-17-7-2-8-18-32)33-19-9-3-10-20-33/h2-26,29,37,41,43,46H,27-28,30-31H2,1H3,(H,50,52)(H,51,55)/b53-40-. The molecule has 3 aliphatic rings. The smallest absolute Gasteiger partial charge is 0.356 e. The molecule has 2 fully saturated rings. The highest BCUT2D eigenvalue weighted by molar-refractivity contribution is 8.06. The Hall–Kier alpha value is -6.23. The van der Waals surface area contributed by atoms with Crippen molar-refractivity contribution < 1.29 is 33.4 Å². The quantitative estimate of drug-likeness (QED) is 0.0341. The van der Waals surface area contributed by atoms with Gasteiger partial charge in [-0.2, -0.15) is 0 Å². The molecule has 1 aromatic heterocycles. The first kappa shape index (κ1) is 43.0. The summed E-state index contributed by atoms with van der Waals surface area (Å²) in [6.45, 7) is 1.05. The zero-order valence-electron chi connectivity index (χ0n) is 34.6. The maximum absolute atomic E-state index is 14.5. The summed E-state index contributed by atoms with van der Waals surface area (Å²) in [5.41, 5.74) is 3.95. The van der Waals surface area contributed by atoms with E-state index in [0.29, 0.717) is 29.0 Å². The number of hydrogen-bond donors (Lipinski definition) is 2. The van der Waals surface area contributed by atoms with Crippen molar-refractivity contribution in [1.29, 1.82) is 0 Å². The fourth-order valence-electron chi connectivity index (χ4n) is 8.04. The number of amides is 2. The first-order chi connectivity index (χ1) is 31.4. The highest BCUT2D eigenvalue weighted by atomic mass is 32.2. The molecule has 12 nitrogen and oxygen atoms in total. The predicted molar refractivity (Wildman–Crippen MR) is 250 cm³/mol. The van der Waals surface area contributed by atoms with Crippen molar-refractivity contribution in [3.63, 3.8) is 0 Å². The molecule has 3 aliphatic heterocycles. The summed E-state index contributed by atoms with van der Waals surface area (Å²) in [6, 6.07) is 48.3. The SMILES string of the molecule is CO/N=C(\C(=O)NC1C(=O)N2C(C(=O)OC(c3ccccc3)c3ccccc3)=C(SC3COCOC3)CSC12)c1csc(NC(c2ccccc2)(c2ccccc2)c2ccccc2)n1. The molecule has 5 aromatic carbocycles. The molecule has 0 radical (unpaired) electrons. The van der Waals surface area contributed by atoms with Gasteiger partial charge < -0.3 is 29.7 Å². The Labute approximate surface area is 383 Å². The van der Waals surface area contributed by atoms with Gasteiger partial charge in [0.1, 0.15) is 42.2 Å². The van der Waals surface area contributed by atoms with Gasteiger partial charge in [-0.3, -0.25) is 14.5 Å². The molecule has 324 valence electrons. The van der Waals surface area contributed by atoms with Crippen LogP contribution in [0.3, 0.4) is 0 Å². The Morgan fingerprint density at radius 1 is 0.812 bits per heavy atom. The van der Waals surface area contributed by atoms with E-state index in [9.17, 15) is 14.4 Å². The molecule has 2 amide bonds. The summed E-state index contributed by atoms with van der Waals surface area (Å²) >= 11 is 4.20. The topological polar surface area (TPSA) is 141 Å². The average Bonchev–Trinajstić information content (AvgIpc) is 3.82. The van der Waals surface area contributed by atoms with Gasteiger partial charge in [0.25, 0.3) is 11.8 Å². The number of thioether (sulfide) groups is 2. The molecule has 2 atom stereocenters. The lowest BCUT2D eigenvalue weighted by Crippen LogP contribution is -2.71. The molecule has 0 bridgehead atoms. The van der Waals surface area contributed by atoms with E-state index in [1.165, 1.54) is 46.9 Å². The second-order valence-corrected chi connectivity index (χ2v) is 18.3. The van der Waals surface area contributed by atoms with Crippen LogP contribution in [0.15, 0.2) is 173 Å². The van der Waals surface area contributed by atoms with Gasteiger partial charge >= 0.3 is 5.97 Å². The van der Waals surface area contributed by atoms with Crippen LogP contribution in [-0.4, -0.2) is 82.9 Å². The Bertz CT molecular complexity index is 2490. The number of esters is 1. The number of β-lactam (4-membered cyclic amide) rings is 1. The maximum Gasteiger partial charge on any atom is 0.356 e. The van der Waals surface area contributed by atoms with Crippen LogP contribution in [0.25, 0.3) is 0 Å². The van der Waals surface area contributed by atoms with E-state index >= 15 is 0 Å². The van der Waals surface area contributed by atoms with Gasteiger partial charge in [-0.1, -0.05) is 157 Å². The van der Waals surface area contributed by atoms with E-state index in [-0.39, 0.29) is 29.1 Å². The summed E-state index contributed by atoms with van der Waals surface area (Å²) in [7, 11) is 1.35. The minimum absolute atomic E-state index is 0.0989. The lowest BCUT2D eigenvalue weighted by atomic mass is 9.77. The third kappa shape index (κ3) is 8.81. The van der Waals surface area contributed by atoms with E-state index in [1.54, 1.807) is 5.38 Å². The summed E-state index contributed by atoms with van der Waals surface area (Å²) in [5.74, 6) is -1.38. The van der Waals surface area contributed by atoms with Crippen molar-refractivity contribution in [2.24, 2.45) is 5.16 Å². The number of benzene rings is 5. The zero-order chi connectivity index (χ0) is 43.9. The van der Waals surface area contributed by atoms with Crippen molar-refractivity contribution in [3.05, 3.63) is 201 Å². The molecular weight excluding hydrogens is 867 g/mol. The molecule has 2 N–H and O–H groups in total. The summed E-state index contributed by atoms with van der Waals surface area (Å²) in [5, 5.41) is 12.3. The fraction of sp³-hybridized carbons (Fsp3) is 0.204. The average molecular weight is 910 g/mol. The van der Waals surface area contributed by atoms with Crippen molar-refractivity contribution in [3.8, 4) is 0 Å². The van der Waals surface area contributed by atoms with E-state index in [1.807, 2.05) is 115 Å². The minimum Gasteiger partial charge on any atom is -0.448 e. The van der Waals surface area contributed by atoms with Crippen LogP contribution in [0.2, 0.25) is 0 Å². The largest absolute Gasteiger partial charge is 0.448 e. The Balaban J connectivity index is 0.979. The molecule has 2 saturated heterocycles. The lowest BCUT2D eigenvalue weighted by Gasteiger charge is -2.49. The third-order valence-corrected chi connectivity index (χ3v) is 14.4. The van der Waals surface area contributed by atoms with E-state index in [2.05, 4.69) is 52.2 Å². The first-order valence-electron chi connectivity index (χ1n) is 20.6. The van der Waals surface area contributed by atoms with Crippen LogP contribution in [0.1, 0.15) is 39.6 Å². The number of nitrogens with one attached hydrogen (secondary N) is 2. The highest BCUT2D eigenvalue weighted by Gasteiger charge is 2.55. The normalized spacial score (nSPS) is 17.9. The first-order valence-corrected chi connectivity index (χ1v) is 23.4.